The van der Waals surface area contributed by atoms with Gasteiger partial charge in [0.15, 0.2) is 0 Å². The van der Waals surface area contributed by atoms with E-state index in [1.54, 1.807) is 7.05 Å². The summed E-state index contributed by atoms with van der Waals surface area (Å²) in [5.74, 6) is 0.478. The molecule has 18 heavy (non-hydrogen) atoms. The predicted molar refractivity (Wildman–Crippen MR) is 74.8 cm³/mol. The van der Waals surface area contributed by atoms with Crippen molar-refractivity contribution in [3.63, 3.8) is 0 Å². The highest BCUT2D eigenvalue weighted by molar-refractivity contribution is 7.89. The van der Waals surface area contributed by atoms with Crippen LogP contribution in [0.25, 0.3) is 0 Å². The largest absolute Gasteiger partial charge is 0.329 e. The van der Waals surface area contributed by atoms with Crippen molar-refractivity contribution in [2.45, 2.75) is 26.3 Å². The second-order valence-electron chi connectivity index (χ2n) is 4.76. The van der Waals surface area contributed by atoms with Gasteiger partial charge < -0.3 is 5.73 Å². The third-order valence-corrected chi connectivity index (χ3v) is 4.73. The number of rotatable bonds is 6. The second kappa shape index (κ2) is 6.31. The molecule has 0 unspecified atom stereocenters. The van der Waals surface area contributed by atoms with Crippen LogP contribution in [0.1, 0.15) is 30.9 Å². The highest BCUT2D eigenvalue weighted by Crippen LogP contribution is 2.16. The Morgan fingerprint density at radius 3 is 2.22 bits per heavy atom. The summed E-state index contributed by atoms with van der Waals surface area (Å²) < 4.78 is 24.9. The zero-order valence-electron chi connectivity index (χ0n) is 11.3. The van der Waals surface area contributed by atoms with Gasteiger partial charge in [0.05, 0.1) is 5.75 Å². The topological polar surface area (TPSA) is 63.4 Å². The lowest BCUT2D eigenvalue weighted by Crippen LogP contribution is -2.31. The molecule has 0 aliphatic carbocycles. The first-order valence-corrected chi connectivity index (χ1v) is 7.70. The molecular weight excluding hydrogens is 248 g/mol. The van der Waals surface area contributed by atoms with Crippen molar-refractivity contribution in [1.82, 2.24) is 4.31 Å². The van der Waals surface area contributed by atoms with E-state index < -0.39 is 10.0 Å². The van der Waals surface area contributed by atoms with Crippen molar-refractivity contribution in [2.24, 2.45) is 5.73 Å². The van der Waals surface area contributed by atoms with Crippen LogP contribution in [0.5, 0.6) is 0 Å². The molecule has 0 heterocycles. The maximum atomic E-state index is 11.8. The Morgan fingerprint density at radius 1 is 1.22 bits per heavy atom. The zero-order valence-corrected chi connectivity index (χ0v) is 12.1. The summed E-state index contributed by atoms with van der Waals surface area (Å²) in [6, 6.07) is 8.04. The van der Waals surface area contributed by atoms with Crippen LogP contribution in [0.4, 0.5) is 0 Å². The highest BCUT2D eigenvalue weighted by Gasteiger charge is 2.16. The standard InChI is InChI=1S/C13H22N2O2S/c1-11(2)13-6-4-12(5-7-13)10-15(3)18(16,17)9-8-14/h4-7,11H,8-10,14H2,1-3H3. The van der Waals surface area contributed by atoms with Crippen LogP contribution in [-0.4, -0.2) is 32.1 Å². The maximum Gasteiger partial charge on any atom is 0.215 e. The second-order valence-corrected chi connectivity index (χ2v) is 6.95. The van der Waals surface area contributed by atoms with Crippen molar-refractivity contribution >= 4 is 10.0 Å². The number of nitrogens with two attached hydrogens (primary N) is 1. The molecule has 0 aliphatic rings. The third kappa shape index (κ3) is 4.08. The van der Waals surface area contributed by atoms with Gasteiger partial charge in [-0.2, -0.15) is 0 Å². The zero-order chi connectivity index (χ0) is 13.8. The van der Waals surface area contributed by atoms with Gasteiger partial charge in [0, 0.05) is 20.1 Å². The predicted octanol–water partition coefficient (Wildman–Crippen LogP) is 1.53. The van der Waals surface area contributed by atoms with Crippen LogP contribution in [0.15, 0.2) is 24.3 Å². The normalized spacial score (nSPS) is 12.3. The quantitative estimate of drug-likeness (QED) is 0.852. The fraction of sp³-hybridized carbons (Fsp3) is 0.538. The van der Waals surface area contributed by atoms with Gasteiger partial charge in [-0.25, -0.2) is 12.7 Å². The molecular formula is C13H22N2O2S. The van der Waals surface area contributed by atoms with E-state index in [-0.39, 0.29) is 12.3 Å². The Morgan fingerprint density at radius 2 is 1.78 bits per heavy atom. The molecule has 0 aromatic heterocycles. The molecule has 4 nitrogen and oxygen atoms in total. The molecule has 0 bridgehead atoms. The average molecular weight is 270 g/mol. The molecule has 1 aromatic rings. The Kier molecular flexibility index (Phi) is 5.31. The first-order valence-electron chi connectivity index (χ1n) is 6.09. The molecule has 2 N–H and O–H groups in total. The van der Waals surface area contributed by atoms with E-state index >= 15 is 0 Å². The van der Waals surface area contributed by atoms with Crippen LogP contribution in [0.2, 0.25) is 0 Å². The van der Waals surface area contributed by atoms with Gasteiger partial charge in [0.2, 0.25) is 10.0 Å². The van der Waals surface area contributed by atoms with E-state index in [2.05, 4.69) is 13.8 Å². The summed E-state index contributed by atoms with van der Waals surface area (Å²) >= 11 is 0. The summed E-state index contributed by atoms with van der Waals surface area (Å²) in [5.41, 5.74) is 7.54. The SMILES string of the molecule is CC(C)c1ccc(CN(C)S(=O)(=O)CCN)cc1. The molecule has 5 heteroatoms. The van der Waals surface area contributed by atoms with E-state index in [9.17, 15) is 8.42 Å². The molecule has 0 amide bonds. The summed E-state index contributed by atoms with van der Waals surface area (Å²) in [6.45, 7) is 4.80. The Hall–Kier alpha value is -0.910. The average Bonchev–Trinajstić information content (AvgIpc) is 2.29. The molecule has 1 aromatic carbocycles. The van der Waals surface area contributed by atoms with E-state index in [0.29, 0.717) is 12.5 Å². The van der Waals surface area contributed by atoms with Gasteiger partial charge in [0.25, 0.3) is 0 Å². The molecule has 0 saturated carbocycles. The molecule has 1 rings (SSSR count). The Bertz CT molecular complexity index is 466. The number of sulfonamides is 1. The lowest BCUT2D eigenvalue weighted by Gasteiger charge is -2.17. The monoisotopic (exact) mass is 270 g/mol. The summed E-state index contributed by atoms with van der Waals surface area (Å²) in [4.78, 5) is 0. The number of benzene rings is 1. The molecule has 102 valence electrons. The van der Waals surface area contributed by atoms with Crippen LogP contribution >= 0.6 is 0 Å². The maximum absolute atomic E-state index is 11.8. The molecule has 0 fully saturated rings. The van der Waals surface area contributed by atoms with Crippen molar-refractivity contribution < 1.29 is 8.42 Å². The number of hydrogen-bond donors (Lipinski definition) is 1. The molecule has 0 spiro atoms. The fourth-order valence-electron chi connectivity index (χ4n) is 1.67. The summed E-state index contributed by atoms with van der Waals surface area (Å²) in [6.07, 6.45) is 0. The lowest BCUT2D eigenvalue weighted by molar-refractivity contribution is 0.467. The van der Waals surface area contributed by atoms with Gasteiger partial charge in [-0.15, -0.1) is 0 Å². The number of nitrogens with zero attached hydrogens (tertiary/aromatic N) is 1. The Balaban J connectivity index is 2.73. The fourth-order valence-corrected chi connectivity index (χ4v) is 2.62. The summed E-state index contributed by atoms with van der Waals surface area (Å²) in [5, 5.41) is 0. The summed E-state index contributed by atoms with van der Waals surface area (Å²) in [7, 11) is -1.64. The van der Waals surface area contributed by atoms with E-state index in [1.807, 2.05) is 24.3 Å². The smallest absolute Gasteiger partial charge is 0.215 e. The molecule has 0 radical (unpaired) electrons. The van der Waals surface area contributed by atoms with Crippen molar-refractivity contribution in [3.8, 4) is 0 Å². The van der Waals surface area contributed by atoms with Crippen LogP contribution < -0.4 is 5.73 Å². The minimum absolute atomic E-state index is 0.00637. The minimum Gasteiger partial charge on any atom is -0.329 e. The highest BCUT2D eigenvalue weighted by atomic mass is 32.2. The van der Waals surface area contributed by atoms with Gasteiger partial charge in [-0.1, -0.05) is 38.1 Å². The van der Waals surface area contributed by atoms with Gasteiger partial charge in [-0.3, -0.25) is 0 Å². The Labute approximate surface area is 110 Å². The molecule has 0 saturated heterocycles. The lowest BCUT2D eigenvalue weighted by atomic mass is 10.0. The molecule has 0 aliphatic heterocycles. The molecule has 0 atom stereocenters. The van der Waals surface area contributed by atoms with E-state index in [0.717, 1.165) is 5.56 Å². The van der Waals surface area contributed by atoms with Crippen LogP contribution in [0.3, 0.4) is 0 Å². The first-order chi connectivity index (χ1) is 8.36. The van der Waals surface area contributed by atoms with E-state index in [4.69, 9.17) is 5.73 Å². The first kappa shape index (κ1) is 15.1. The minimum atomic E-state index is -3.23. The number of hydrogen-bond acceptors (Lipinski definition) is 3. The van der Waals surface area contributed by atoms with Gasteiger partial charge in [0.1, 0.15) is 0 Å². The van der Waals surface area contributed by atoms with Crippen LogP contribution in [-0.2, 0) is 16.6 Å². The van der Waals surface area contributed by atoms with Crippen LogP contribution in [0, 0.1) is 0 Å². The van der Waals surface area contributed by atoms with Gasteiger partial charge in [-0.05, 0) is 17.0 Å². The van der Waals surface area contributed by atoms with E-state index in [1.165, 1.54) is 9.87 Å². The van der Waals surface area contributed by atoms with Gasteiger partial charge >= 0.3 is 0 Å². The third-order valence-electron chi connectivity index (χ3n) is 2.90. The van der Waals surface area contributed by atoms with Crippen molar-refractivity contribution in [1.29, 1.82) is 0 Å². The van der Waals surface area contributed by atoms with Crippen molar-refractivity contribution in [3.05, 3.63) is 35.4 Å². The van der Waals surface area contributed by atoms with Crippen molar-refractivity contribution in [2.75, 3.05) is 19.3 Å².